The van der Waals surface area contributed by atoms with Gasteiger partial charge >= 0.3 is 0 Å². The zero-order valence-electron chi connectivity index (χ0n) is 12.2. The van der Waals surface area contributed by atoms with Crippen molar-refractivity contribution in [3.63, 3.8) is 0 Å². The summed E-state index contributed by atoms with van der Waals surface area (Å²) in [6, 6.07) is 5.85. The van der Waals surface area contributed by atoms with Crippen LogP contribution in [0.1, 0.15) is 39.2 Å². The number of hydrogen-bond acceptors (Lipinski definition) is 1. The lowest BCUT2D eigenvalue weighted by atomic mass is 9.84. The third kappa shape index (κ3) is 3.15. The molecule has 108 valence electrons. The lowest BCUT2D eigenvalue weighted by Gasteiger charge is -2.25. The smallest absolute Gasteiger partial charge is 0.220 e. The van der Waals surface area contributed by atoms with Gasteiger partial charge in [0.25, 0.3) is 0 Å². The van der Waals surface area contributed by atoms with E-state index in [1.165, 1.54) is 5.56 Å². The summed E-state index contributed by atoms with van der Waals surface area (Å²) in [6.45, 7) is 6.91. The standard InChI is InChI=1S/C16H21ClN2O/c1-4-5-15(20)19-10-16(2,3)13-9-18-14-8-11(17)6-7-12(13)14/h6-9,18H,4-5,10H2,1-3H3,(H,19,20). The average molecular weight is 293 g/mol. The van der Waals surface area contributed by atoms with Gasteiger partial charge in [-0.25, -0.2) is 0 Å². The molecule has 0 aliphatic rings. The number of amides is 1. The Morgan fingerprint density at radius 3 is 2.85 bits per heavy atom. The molecule has 0 atom stereocenters. The number of fused-ring (bicyclic) bond motifs is 1. The molecule has 0 aliphatic carbocycles. The second kappa shape index (κ2) is 5.88. The van der Waals surface area contributed by atoms with E-state index in [1.807, 2.05) is 31.3 Å². The van der Waals surface area contributed by atoms with E-state index in [9.17, 15) is 4.79 Å². The number of hydrogen-bond donors (Lipinski definition) is 2. The van der Waals surface area contributed by atoms with Crippen molar-refractivity contribution >= 4 is 28.4 Å². The molecule has 1 heterocycles. The maximum atomic E-state index is 11.6. The number of benzene rings is 1. The molecular weight excluding hydrogens is 272 g/mol. The summed E-state index contributed by atoms with van der Waals surface area (Å²) < 4.78 is 0. The van der Waals surface area contributed by atoms with Crippen LogP contribution in [0.25, 0.3) is 10.9 Å². The third-order valence-electron chi connectivity index (χ3n) is 3.58. The Morgan fingerprint density at radius 2 is 2.15 bits per heavy atom. The quantitative estimate of drug-likeness (QED) is 0.859. The lowest BCUT2D eigenvalue weighted by Crippen LogP contribution is -2.36. The Kier molecular flexibility index (Phi) is 4.39. The first-order chi connectivity index (χ1) is 9.44. The van der Waals surface area contributed by atoms with E-state index >= 15 is 0 Å². The predicted molar refractivity (Wildman–Crippen MR) is 84.3 cm³/mol. The molecule has 0 spiro atoms. The van der Waals surface area contributed by atoms with Gasteiger partial charge in [0.1, 0.15) is 0 Å². The van der Waals surface area contributed by atoms with Crippen LogP contribution in [-0.4, -0.2) is 17.4 Å². The number of carbonyl (C=O) groups is 1. The molecule has 0 unspecified atom stereocenters. The third-order valence-corrected chi connectivity index (χ3v) is 3.81. The molecule has 0 saturated carbocycles. The fourth-order valence-electron chi connectivity index (χ4n) is 2.39. The lowest BCUT2D eigenvalue weighted by molar-refractivity contribution is -0.121. The number of aromatic amines is 1. The highest BCUT2D eigenvalue weighted by molar-refractivity contribution is 6.31. The van der Waals surface area contributed by atoms with Crippen LogP contribution in [0.4, 0.5) is 0 Å². The van der Waals surface area contributed by atoms with Gasteiger partial charge in [-0.05, 0) is 24.1 Å². The van der Waals surface area contributed by atoms with Gasteiger partial charge in [-0.15, -0.1) is 0 Å². The van der Waals surface area contributed by atoms with Crippen LogP contribution in [0, 0.1) is 0 Å². The van der Waals surface area contributed by atoms with Crippen molar-refractivity contribution in [2.75, 3.05) is 6.54 Å². The van der Waals surface area contributed by atoms with Crippen LogP contribution in [0.2, 0.25) is 5.02 Å². The summed E-state index contributed by atoms with van der Waals surface area (Å²) in [5.74, 6) is 0.114. The second-order valence-electron chi connectivity index (χ2n) is 5.80. The van der Waals surface area contributed by atoms with Crippen LogP contribution in [-0.2, 0) is 10.2 Å². The molecule has 3 nitrogen and oxygen atoms in total. The van der Waals surface area contributed by atoms with Crippen LogP contribution in [0.15, 0.2) is 24.4 Å². The maximum absolute atomic E-state index is 11.6. The topological polar surface area (TPSA) is 44.9 Å². The van der Waals surface area contributed by atoms with Crippen LogP contribution < -0.4 is 5.32 Å². The SMILES string of the molecule is CCCC(=O)NCC(C)(C)c1c[nH]c2cc(Cl)ccc12. The first-order valence-corrected chi connectivity index (χ1v) is 7.35. The van der Waals surface area contributed by atoms with E-state index in [4.69, 9.17) is 11.6 Å². The van der Waals surface area contributed by atoms with Gasteiger partial charge in [0.05, 0.1) is 0 Å². The molecule has 0 bridgehead atoms. The van der Waals surface area contributed by atoms with Gasteiger partial charge in [0.2, 0.25) is 5.91 Å². The van der Waals surface area contributed by atoms with Crippen LogP contribution in [0.5, 0.6) is 0 Å². The summed E-state index contributed by atoms with van der Waals surface area (Å²) in [6.07, 6.45) is 3.46. The van der Waals surface area contributed by atoms with Crippen molar-refractivity contribution in [1.29, 1.82) is 0 Å². The predicted octanol–water partition coefficient (Wildman–Crippen LogP) is 4.02. The minimum atomic E-state index is -0.129. The molecular formula is C16H21ClN2O. The summed E-state index contributed by atoms with van der Waals surface area (Å²) in [4.78, 5) is 14.9. The Balaban J connectivity index is 2.21. The molecule has 1 aromatic carbocycles. The van der Waals surface area contributed by atoms with Gasteiger partial charge in [0.15, 0.2) is 0 Å². The molecule has 0 radical (unpaired) electrons. The molecule has 0 fully saturated rings. The number of carbonyl (C=O) groups excluding carboxylic acids is 1. The Labute approximate surface area is 124 Å². The highest BCUT2D eigenvalue weighted by Crippen LogP contribution is 2.31. The molecule has 2 aromatic rings. The van der Waals surface area contributed by atoms with Gasteiger partial charge in [-0.1, -0.05) is 38.4 Å². The molecule has 2 N–H and O–H groups in total. The molecule has 2 rings (SSSR count). The summed E-state index contributed by atoms with van der Waals surface area (Å²) in [5, 5.41) is 4.89. The largest absolute Gasteiger partial charge is 0.361 e. The van der Waals surface area contributed by atoms with E-state index in [2.05, 4.69) is 24.1 Å². The van der Waals surface area contributed by atoms with Crippen molar-refractivity contribution in [1.82, 2.24) is 10.3 Å². The summed E-state index contributed by atoms with van der Waals surface area (Å²) in [5.41, 5.74) is 2.09. The molecule has 20 heavy (non-hydrogen) atoms. The fraction of sp³-hybridized carbons (Fsp3) is 0.438. The summed E-state index contributed by atoms with van der Waals surface area (Å²) in [7, 11) is 0. The van der Waals surface area contributed by atoms with Gasteiger partial charge < -0.3 is 10.3 Å². The molecule has 1 amide bonds. The minimum Gasteiger partial charge on any atom is -0.361 e. The van der Waals surface area contributed by atoms with E-state index < -0.39 is 0 Å². The van der Waals surface area contributed by atoms with Crippen molar-refractivity contribution in [2.24, 2.45) is 0 Å². The van der Waals surface area contributed by atoms with Crippen molar-refractivity contribution in [2.45, 2.75) is 39.0 Å². The van der Waals surface area contributed by atoms with E-state index in [-0.39, 0.29) is 11.3 Å². The highest BCUT2D eigenvalue weighted by atomic mass is 35.5. The zero-order valence-corrected chi connectivity index (χ0v) is 13.0. The Morgan fingerprint density at radius 1 is 1.40 bits per heavy atom. The number of rotatable bonds is 5. The van der Waals surface area contributed by atoms with Crippen LogP contribution in [0.3, 0.4) is 0 Å². The highest BCUT2D eigenvalue weighted by Gasteiger charge is 2.24. The number of nitrogens with one attached hydrogen (secondary N) is 2. The minimum absolute atomic E-state index is 0.114. The second-order valence-corrected chi connectivity index (χ2v) is 6.24. The van der Waals surface area contributed by atoms with E-state index in [0.29, 0.717) is 13.0 Å². The number of halogens is 1. The van der Waals surface area contributed by atoms with E-state index in [1.54, 1.807) is 0 Å². The Bertz CT molecular complexity index is 616. The Hall–Kier alpha value is -1.48. The fourth-order valence-corrected chi connectivity index (χ4v) is 2.56. The molecule has 0 saturated heterocycles. The monoisotopic (exact) mass is 292 g/mol. The average Bonchev–Trinajstić information content (AvgIpc) is 2.80. The van der Waals surface area contributed by atoms with Crippen molar-refractivity contribution in [3.05, 3.63) is 35.0 Å². The number of H-pyrrole nitrogens is 1. The first kappa shape index (κ1) is 14.9. The van der Waals surface area contributed by atoms with Gasteiger partial charge in [0, 0.05) is 40.5 Å². The van der Waals surface area contributed by atoms with Gasteiger partial charge in [-0.2, -0.15) is 0 Å². The van der Waals surface area contributed by atoms with E-state index in [0.717, 1.165) is 22.3 Å². The van der Waals surface area contributed by atoms with Crippen LogP contribution >= 0.6 is 11.6 Å². The van der Waals surface area contributed by atoms with Crippen molar-refractivity contribution < 1.29 is 4.79 Å². The first-order valence-electron chi connectivity index (χ1n) is 6.98. The number of aromatic nitrogens is 1. The normalized spacial score (nSPS) is 11.8. The summed E-state index contributed by atoms with van der Waals surface area (Å²) >= 11 is 6.00. The molecule has 0 aliphatic heterocycles. The maximum Gasteiger partial charge on any atom is 0.220 e. The van der Waals surface area contributed by atoms with Gasteiger partial charge in [-0.3, -0.25) is 4.79 Å². The molecule has 4 heteroatoms. The van der Waals surface area contributed by atoms with Crippen molar-refractivity contribution in [3.8, 4) is 0 Å². The zero-order chi connectivity index (χ0) is 14.8. The molecule has 1 aromatic heterocycles.